The molecule has 13 nitrogen and oxygen atoms in total. The van der Waals surface area contributed by atoms with Crippen LogP contribution in [0.15, 0.2) is 85.5 Å². The topological polar surface area (TPSA) is 137 Å². The summed E-state index contributed by atoms with van der Waals surface area (Å²) in [6.45, 7) is 4.69. The molecular weight excluding hydrogens is 677 g/mol. The number of rotatable bonds is 5. The van der Waals surface area contributed by atoms with Crippen LogP contribution in [0.5, 0.6) is 17.4 Å². The molecule has 5 heterocycles. The smallest absolute Gasteiger partial charge is 0.417 e. The number of halogens is 3. The number of carbonyl (C=O) groups excluding carboxylic acids is 1. The van der Waals surface area contributed by atoms with Crippen molar-refractivity contribution in [1.29, 1.82) is 0 Å². The van der Waals surface area contributed by atoms with Gasteiger partial charge >= 0.3 is 18.4 Å². The number of hydrogen-bond donors (Lipinski definition) is 1. The highest BCUT2D eigenvalue weighted by Gasteiger charge is 2.31. The number of ether oxygens (including phenoxy) is 2. The molecule has 2 aromatic carbocycles. The van der Waals surface area contributed by atoms with Crippen molar-refractivity contribution in [3.05, 3.63) is 91.0 Å². The van der Waals surface area contributed by atoms with Crippen molar-refractivity contribution in [2.45, 2.75) is 6.18 Å². The third-order valence-corrected chi connectivity index (χ3v) is 8.75. The van der Waals surface area contributed by atoms with Crippen LogP contribution in [0.25, 0.3) is 10.1 Å². The standard InChI is InChI=1S/C21H18F3N5O3.C12H13N3O2S/c22-21(23,24)15-1-6-19(27-13-15)31-16-2-4-17(5-3-16)32-20(30)29-11-9-28(10-12-29)18-14-25-7-8-26-18;16-12(17)15-7-5-14(6-8-15)11-9-3-1-2-4-10(9)18-13-11/h1-8,13-14H,9-12H2;1-4H,5-8H2,(H,16,17). The largest absolute Gasteiger partial charge is 0.465 e. The van der Waals surface area contributed by atoms with Gasteiger partial charge in [-0.05, 0) is 54.0 Å². The van der Waals surface area contributed by atoms with Crippen LogP contribution in [0.2, 0.25) is 0 Å². The first kappa shape index (κ1) is 34.2. The van der Waals surface area contributed by atoms with Crippen LogP contribution in [0, 0.1) is 0 Å². The number of anilines is 2. The summed E-state index contributed by atoms with van der Waals surface area (Å²) in [5, 5.41) is 10.1. The Labute approximate surface area is 288 Å². The summed E-state index contributed by atoms with van der Waals surface area (Å²) in [4.78, 5) is 42.5. The van der Waals surface area contributed by atoms with E-state index < -0.39 is 23.9 Å². The highest BCUT2D eigenvalue weighted by Crippen LogP contribution is 2.31. The number of piperazine rings is 2. The predicted octanol–water partition coefficient (Wildman–Crippen LogP) is 6.10. The molecule has 2 amide bonds. The molecule has 2 aliphatic heterocycles. The van der Waals surface area contributed by atoms with E-state index in [-0.39, 0.29) is 5.88 Å². The van der Waals surface area contributed by atoms with Gasteiger partial charge in [-0.25, -0.2) is 19.6 Å². The Morgan fingerprint density at radius 1 is 0.760 bits per heavy atom. The Morgan fingerprint density at radius 2 is 1.44 bits per heavy atom. The number of amides is 2. The molecule has 1 N–H and O–H groups in total. The lowest BCUT2D eigenvalue weighted by Gasteiger charge is -2.34. The van der Waals surface area contributed by atoms with Gasteiger partial charge in [0, 0.05) is 82.4 Å². The fourth-order valence-electron chi connectivity index (χ4n) is 5.25. The molecule has 0 saturated carbocycles. The molecule has 260 valence electrons. The number of nitrogens with zero attached hydrogens (tertiary/aromatic N) is 8. The summed E-state index contributed by atoms with van der Waals surface area (Å²) < 4.78 is 54.3. The van der Waals surface area contributed by atoms with Crippen LogP contribution in [0.4, 0.5) is 34.4 Å². The van der Waals surface area contributed by atoms with E-state index in [4.69, 9.17) is 14.6 Å². The second-order valence-electron chi connectivity index (χ2n) is 11.1. The van der Waals surface area contributed by atoms with Crippen LogP contribution in [0.3, 0.4) is 0 Å². The second-order valence-corrected chi connectivity index (χ2v) is 11.9. The van der Waals surface area contributed by atoms with E-state index in [1.807, 2.05) is 17.0 Å². The SMILES string of the molecule is O=C(O)N1CCN(c2nsc3ccccc23)CC1.O=C(Oc1ccc(Oc2ccc(C(F)(F)F)cn2)cc1)N1CCN(c2cnccn2)CC1. The van der Waals surface area contributed by atoms with E-state index in [1.54, 1.807) is 23.5 Å². The molecule has 50 heavy (non-hydrogen) atoms. The van der Waals surface area contributed by atoms with Gasteiger partial charge in [-0.3, -0.25) is 4.98 Å². The fourth-order valence-corrected chi connectivity index (χ4v) is 6.05. The highest BCUT2D eigenvalue weighted by molar-refractivity contribution is 7.13. The van der Waals surface area contributed by atoms with Crippen molar-refractivity contribution in [2.75, 3.05) is 62.2 Å². The normalized spacial score (nSPS) is 14.9. The third-order valence-electron chi connectivity index (χ3n) is 7.93. The van der Waals surface area contributed by atoms with Gasteiger partial charge in [0.15, 0.2) is 0 Å². The first-order valence-electron chi connectivity index (χ1n) is 15.5. The summed E-state index contributed by atoms with van der Waals surface area (Å²) >= 11 is 1.49. The summed E-state index contributed by atoms with van der Waals surface area (Å²) in [6.07, 6.45) is -0.156. The van der Waals surface area contributed by atoms with Gasteiger partial charge in [-0.1, -0.05) is 12.1 Å². The Morgan fingerprint density at radius 3 is 2.08 bits per heavy atom. The minimum Gasteiger partial charge on any atom is -0.465 e. The number of aromatic nitrogens is 4. The van der Waals surface area contributed by atoms with Gasteiger partial charge in [-0.15, -0.1) is 0 Å². The Hall–Kier alpha value is -5.71. The van der Waals surface area contributed by atoms with Crippen molar-refractivity contribution in [2.24, 2.45) is 0 Å². The second kappa shape index (κ2) is 15.2. The van der Waals surface area contributed by atoms with Crippen LogP contribution in [-0.2, 0) is 6.18 Å². The quantitative estimate of drug-likeness (QED) is 0.227. The maximum atomic E-state index is 12.6. The Bertz CT molecular complexity index is 1880. The number of pyridine rings is 1. The highest BCUT2D eigenvalue weighted by atomic mass is 32.1. The molecule has 7 rings (SSSR count). The Balaban J connectivity index is 0.000000202. The molecule has 2 aliphatic rings. The molecule has 5 aromatic rings. The summed E-state index contributed by atoms with van der Waals surface area (Å²) in [5.74, 6) is 2.43. The molecule has 0 unspecified atom stereocenters. The van der Waals surface area contributed by atoms with E-state index in [9.17, 15) is 22.8 Å². The number of hydrogen-bond acceptors (Lipinski definition) is 11. The molecule has 2 saturated heterocycles. The number of benzene rings is 2. The molecule has 0 bridgehead atoms. The van der Waals surface area contributed by atoms with E-state index in [0.29, 0.717) is 70.1 Å². The number of alkyl halides is 3. The van der Waals surface area contributed by atoms with E-state index in [0.717, 1.165) is 29.2 Å². The number of fused-ring (bicyclic) bond motifs is 1. The maximum absolute atomic E-state index is 12.6. The maximum Gasteiger partial charge on any atom is 0.417 e. The lowest BCUT2D eigenvalue weighted by Crippen LogP contribution is -2.49. The lowest BCUT2D eigenvalue weighted by molar-refractivity contribution is -0.137. The Kier molecular flexibility index (Phi) is 10.4. The summed E-state index contributed by atoms with van der Waals surface area (Å²) in [5.41, 5.74) is -0.857. The van der Waals surface area contributed by atoms with Gasteiger partial charge in [0.25, 0.3) is 0 Å². The first-order chi connectivity index (χ1) is 24.1. The van der Waals surface area contributed by atoms with E-state index in [1.165, 1.54) is 45.4 Å². The van der Waals surface area contributed by atoms with Crippen molar-refractivity contribution in [3.8, 4) is 17.4 Å². The average Bonchev–Trinajstić information content (AvgIpc) is 3.57. The third kappa shape index (κ3) is 8.46. The first-order valence-corrected chi connectivity index (χ1v) is 16.3. The van der Waals surface area contributed by atoms with Crippen molar-refractivity contribution < 1.29 is 37.3 Å². The van der Waals surface area contributed by atoms with Crippen LogP contribution < -0.4 is 19.3 Å². The lowest BCUT2D eigenvalue weighted by atomic mass is 10.2. The van der Waals surface area contributed by atoms with E-state index >= 15 is 0 Å². The minimum atomic E-state index is -4.46. The molecule has 0 spiro atoms. The fraction of sp³-hybridized carbons (Fsp3) is 0.273. The monoisotopic (exact) mass is 708 g/mol. The molecule has 2 fully saturated rings. The zero-order valence-corrected chi connectivity index (χ0v) is 27.3. The van der Waals surface area contributed by atoms with Crippen LogP contribution >= 0.6 is 11.5 Å². The van der Waals surface area contributed by atoms with E-state index in [2.05, 4.69) is 36.4 Å². The van der Waals surface area contributed by atoms with Crippen molar-refractivity contribution >= 4 is 45.4 Å². The van der Waals surface area contributed by atoms with Crippen molar-refractivity contribution in [3.63, 3.8) is 0 Å². The number of carbonyl (C=O) groups is 2. The van der Waals surface area contributed by atoms with Crippen LogP contribution in [-0.4, -0.2) is 98.8 Å². The van der Waals surface area contributed by atoms with Gasteiger partial charge in [0.1, 0.15) is 23.1 Å². The molecule has 0 atom stereocenters. The van der Waals surface area contributed by atoms with Gasteiger partial charge in [0.2, 0.25) is 5.88 Å². The van der Waals surface area contributed by atoms with Gasteiger partial charge < -0.3 is 34.2 Å². The predicted molar refractivity (Wildman–Crippen MR) is 179 cm³/mol. The summed E-state index contributed by atoms with van der Waals surface area (Å²) in [6, 6.07) is 16.3. The zero-order chi connectivity index (χ0) is 35.1. The molecule has 0 radical (unpaired) electrons. The number of carboxylic acid groups (broad SMARTS) is 1. The zero-order valence-electron chi connectivity index (χ0n) is 26.4. The van der Waals surface area contributed by atoms with Gasteiger partial charge in [0.05, 0.1) is 16.5 Å². The minimum absolute atomic E-state index is 0.0173. The molecular formula is C33H31F3N8O5S. The molecule has 0 aliphatic carbocycles. The van der Waals surface area contributed by atoms with Gasteiger partial charge in [-0.2, -0.15) is 17.5 Å². The van der Waals surface area contributed by atoms with Crippen LogP contribution in [0.1, 0.15) is 5.56 Å². The molecule has 3 aromatic heterocycles. The average molecular weight is 709 g/mol. The summed E-state index contributed by atoms with van der Waals surface area (Å²) in [7, 11) is 0. The molecule has 17 heteroatoms. The van der Waals surface area contributed by atoms with Crippen molar-refractivity contribution in [1.82, 2.24) is 29.1 Å².